The van der Waals surface area contributed by atoms with E-state index in [0.717, 1.165) is 28.1 Å². The Morgan fingerprint density at radius 2 is 1.88 bits per heavy atom. The fourth-order valence-corrected chi connectivity index (χ4v) is 2.81. The van der Waals surface area contributed by atoms with Gasteiger partial charge < -0.3 is 15.2 Å². The predicted octanol–water partition coefficient (Wildman–Crippen LogP) is 2.92. The summed E-state index contributed by atoms with van der Waals surface area (Å²) >= 11 is 0. The molecule has 0 aromatic heterocycles. The largest absolute Gasteiger partial charge is 0.497 e. The number of nitrogens with zero attached hydrogens (tertiary/aromatic N) is 1. The van der Waals surface area contributed by atoms with Gasteiger partial charge in [0.05, 0.1) is 26.3 Å². The molecule has 0 heterocycles. The van der Waals surface area contributed by atoms with Crippen molar-refractivity contribution >= 4 is 11.6 Å². The Bertz CT molecular complexity index is 713. The van der Waals surface area contributed by atoms with Crippen molar-refractivity contribution in [1.29, 1.82) is 0 Å². The smallest absolute Gasteiger partial charge is 0.238 e. The molecule has 5 nitrogen and oxygen atoms in total. The first kappa shape index (κ1) is 19.0. The molecule has 25 heavy (non-hydrogen) atoms. The number of amides is 1. The minimum atomic E-state index is -0.254. The number of carbonyl (C=O) groups excluding carboxylic acids is 1. The number of rotatable bonds is 7. The molecule has 0 saturated heterocycles. The van der Waals surface area contributed by atoms with Crippen molar-refractivity contribution in [2.24, 2.45) is 0 Å². The van der Waals surface area contributed by atoms with E-state index in [1.54, 1.807) is 7.11 Å². The average Bonchev–Trinajstić information content (AvgIpc) is 2.58. The number of nitrogens with one attached hydrogen (secondary N) is 1. The maximum Gasteiger partial charge on any atom is 0.238 e. The Hall–Kier alpha value is -2.37. The lowest BCUT2D eigenvalue weighted by Gasteiger charge is -2.26. The van der Waals surface area contributed by atoms with Gasteiger partial charge in [0, 0.05) is 5.69 Å². The molecule has 1 amide bonds. The number of ether oxygens (including phenoxy) is 1. The van der Waals surface area contributed by atoms with Crippen LogP contribution < -0.4 is 10.1 Å². The van der Waals surface area contributed by atoms with Gasteiger partial charge in [0.25, 0.3) is 0 Å². The highest BCUT2D eigenvalue weighted by atomic mass is 16.5. The predicted molar refractivity (Wildman–Crippen MR) is 100.0 cm³/mol. The molecule has 0 radical (unpaired) electrons. The molecule has 0 aliphatic carbocycles. The Morgan fingerprint density at radius 3 is 2.44 bits per heavy atom. The van der Waals surface area contributed by atoms with E-state index in [2.05, 4.69) is 5.32 Å². The molecule has 1 atom stereocenters. The lowest BCUT2D eigenvalue weighted by atomic mass is 10.1. The van der Waals surface area contributed by atoms with Crippen LogP contribution in [0.5, 0.6) is 5.75 Å². The molecular weight excluding hydrogens is 316 g/mol. The lowest BCUT2D eigenvalue weighted by Crippen LogP contribution is -2.35. The maximum atomic E-state index is 12.4. The number of hydrogen-bond donors (Lipinski definition) is 2. The van der Waals surface area contributed by atoms with E-state index in [4.69, 9.17) is 4.74 Å². The number of aryl methyl sites for hydroxylation is 2. The zero-order chi connectivity index (χ0) is 18.4. The quantitative estimate of drug-likeness (QED) is 0.812. The molecule has 0 saturated carbocycles. The van der Waals surface area contributed by atoms with Crippen LogP contribution in [0.3, 0.4) is 0 Å². The van der Waals surface area contributed by atoms with E-state index >= 15 is 0 Å². The monoisotopic (exact) mass is 342 g/mol. The zero-order valence-electron chi connectivity index (χ0n) is 15.2. The fraction of sp³-hybridized carbons (Fsp3) is 0.350. The summed E-state index contributed by atoms with van der Waals surface area (Å²) in [4.78, 5) is 14.2. The Labute approximate surface area is 149 Å². The van der Waals surface area contributed by atoms with E-state index in [1.807, 2.05) is 68.3 Å². The minimum absolute atomic E-state index is 0.0698. The highest BCUT2D eigenvalue weighted by molar-refractivity contribution is 5.93. The van der Waals surface area contributed by atoms with Gasteiger partial charge in [0.2, 0.25) is 5.91 Å². The van der Waals surface area contributed by atoms with Crippen molar-refractivity contribution in [2.45, 2.75) is 19.9 Å². The summed E-state index contributed by atoms with van der Waals surface area (Å²) in [5.74, 6) is 0.650. The van der Waals surface area contributed by atoms with Crippen LogP contribution in [0, 0.1) is 13.8 Å². The standard InChI is InChI=1S/C20H26N2O3/c1-14-5-10-18(15(2)11-14)21-20(24)12-22(3)19(13-23)16-6-8-17(25-4)9-7-16/h5-11,19,23H,12-13H2,1-4H3,(H,21,24). The third kappa shape index (κ3) is 5.05. The second-order valence-electron chi connectivity index (χ2n) is 6.25. The summed E-state index contributed by atoms with van der Waals surface area (Å²) in [6, 6.07) is 13.2. The fourth-order valence-electron chi connectivity index (χ4n) is 2.81. The summed E-state index contributed by atoms with van der Waals surface area (Å²) in [5, 5.41) is 12.7. The molecule has 2 aromatic rings. The summed E-state index contributed by atoms with van der Waals surface area (Å²) in [6.07, 6.45) is 0. The topological polar surface area (TPSA) is 61.8 Å². The summed E-state index contributed by atoms with van der Waals surface area (Å²) < 4.78 is 5.15. The molecule has 0 spiro atoms. The van der Waals surface area contributed by atoms with Crippen LogP contribution in [0.1, 0.15) is 22.7 Å². The molecule has 2 N–H and O–H groups in total. The molecule has 0 aliphatic rings. The summed E-state index contributed by atoms with van der Waals surface area (Å²) in [6.45, 7) is 4.11. The van der Waals surface area contributed by atoms with Gasteiger partial charge in [-0.2, -0.15) is 0 Å². The van der Waals surface area contributed by atoms with Crippen molar-refractivity contribution in [1.82, 2.24) is 4.90 Å². The Balaban J connectivity index is 2.02. The molecule has 0 bridgehead atoms. The number of aliphatic hydroxyl groups is 1. The van der Waals surface area contributed by atoms with E-state index in [-0.39, 0.29) is 25.1 Å². The average molecular weight is 342 g/mol. The van der Waals surface area contributed by atoms with Crippen LogP contribution in [0.4, 0.5) is 5.69 Å². The third-order valence-electron chi connectivity index (χ3n) is 4.25. The number of carbonyl (C=O) groups is 1. The van der Waals surface area contributed by atoms with Gasteiger partial charge in [-0.15, -0.1) is 0 Å². The number of anilines is 1. The van der Waals surface area contributed by atoms with Crippen LogP contribution in [0.2, 0.25) is 0 Å². The molecule has 0 aliphatic heterocycles. The van der Waals surface area contributed by atoms with Crippen LogP contribution in [0.15, 0.2) is 42.5 Å². The van der Waals surface area contributed by atoms with Crippen molar-refractivity contribution in [3.8, 4) is 5.75 Å². The first-order valence-corrected chi connectivity index (χ1v) is 8.26. The van der Waals surface area contributed by atoms with Gasteiger partial charge in [-0.1, -0.05) is 29.8 Å². The van der Waals surface area contributed by atoms with Gasteiger partial charge in [0.1, 0.15) is 5.75 Å². The maximum absolute atomic E-state index is 12.4. The number of likely N-dealkylation sites (N-methyl/N-ethyl adjacent to an activating group) is 1. The van der Waals surface area contributed by atoms with E-state index in [0.29, 0.717) is 0 Å². The van der Waals surface area contributed by atoms with Gasteiger partial charge in [-0.05, 0) is 50.2 Å². The molecule has 2 aromatic carbocycles. The van der Waals surface area contributed by atoms with Crippen LogP contribution in [0.25, 0.3) is 0 Å². The van der Waals surface area contributed by atoms with Crippen LogP contribution in [-0.2, 0) is 4.79 Å². The lowest BCUT2D eigenvalue weighted by molar-refractivity contribution is -0.117. The second kappa shape index (κ2) is 8.65. The first-order valence-electron chi connectivity index (χ1n) is 8.26. The van der Waals surface area contributed by atoms with Gasteiger partial charge in [0.15, 0.2) is 0 Å². The van der Waals surface area contributed by atoms with Crippen molar-refractivity contribution < 1.29 is 14.6 Å². The summed E-state index contributed by atoms with van der Waals surface area (Å²) in [5.41, 5.74) is 3.94. The highest BCUT2D eigenvalue weighted by Gasteiger charge is 2.19. The molecule has 5 heteroatoms. The molecule has 0 fully saturated rings. The third-order valence-corrected chi connectivity index (χ3v) is 4.25. The van der Waals surface area contributed by atoms with Gasteiger partial charge in [-0.25, -0.2) is 0 Å². The van der Waals surface area contributed by atoms with Crippen molar-refractivity contribution in [2.75, 3.05) is 32.6 Å². The normalized spacial score (nSPS) is 12.1. The first-order chi connectivity index (χ1) is 11.9. The zero-order valence-corrected chi connectivity index (χ0v) is 15.2. The van der Waals surface area contributed by atoms with E-state index in [9.17, 15) is 9.90 Å². The minimum Gasteiger partial charge on any atom is -0.497 e. The van der Waals surface area contributed by atoms with Crippen molar-refractivity contribution in [3.63, 3.8) is 0 Å². The number of benzene rings is 2. The van der Waals surface area contributed by atoms with Crippen molar-refractivity contribution in [3.05, 3.63) is 59.2 Å². The summed E-state index contributed by atoms with van der Waals surface area (Å²) in [7, 11) is 3.44. The molecule has 2 rings (SSSR count). The van der Waals surface area contributed by atoms with E-state index < -0.39 is 0 Å². The molecule has 134 valence electrons. The molecular formula is C20H26N2O3. The number of methoxy groups -OCH3 is 1. The van der Waals surface area contributed by atoms with Crippen LogP contribution >= 0.6 is 0 Å². The number of hydrogen-bond acceptors (Lipinski definition) is 4. The Morgan fingerprint density at radius 1 is 1.20 bits per heavy atom. The van der Waals surface area contributed by atoms with Crippen LogP contribution in [-0.4, -0.2) is 43.2 Å². The molecule has 1 unspecified atom stereocenters. The van der Waals surface area contributed by atoms with Gasteiger partial charge in [-0.3, -0.25) is 9.69 Å². The number of aliphatic hydroxyl groups excluding tert-OH is 1. The Kier molecular flexibility index (Phi) is 6.56. The highest BCUT2D eigenvalue weighted by Crippen LogP contribution is 2.22. The SMILES string of the molecule is COc1ccc(C(CO)N(C)CC(=O)Nc2ccc(C)cc2C)cc1. The van der Waals surface area contributed by atoms with Gasteiger partial charge >= 0.3 is 0 Å². The second-order valence-corrected chi connectivity index (χ2v) is 6.25. The van der Waals surface area contributed by atoms with E-state index in [1.165, 1.54) is 0 Å².